The summed E-state index contributed by atoms with van der Waals surface area (Å²) in [5, 5.41) is 0. The average Bonchev–Trinajstić information content (AvgIpc) is 3.26. The molecule has 0 aliphatic rings. The fourth-order valence-electron chi connectivity index (χ4n) is 3.74. The molecule has 0 unspecified atom stereocenters. The first-order chi connectivity index (χ1) is 16.9. The second kappa shape index (κ2) is 10.1. The number of sulfonamides is 1. The number of nitrogens with zero attached hydrogens (tertiary/aromatic N) is 2. The highest BCUT2D eigenvalue weighted by atomic mass is 32.2. The summed E-state index contributed by atoms with van der Waals surface area (Å²) >= 11 is 0. The lowest BCUT2D eigenvalue weighted by atomic mass is 10.2. The molecule has 0 saturated carbocycles. The van der Waals surface area contributed by atoms with Crippen LogP contribution in [0.1, 0.15) is 11.5 Å². The van der Waals surface area contributed by atoms with Crippen molar-refractivity contribution in [2.45, 2.75) is 18.4 Å². The van der Waals surface area contributed by atoms with Gasteiger partial charge in [0.2, 0.25) is 5.89 Å². The number of benzene rings is 3. The van der Waals surface area contributed by atoms with Crippen LogP contribution in [-0.4, -0.2) is 34.7 Å². The summed E-state index contributed by atoms with van der Waals surface area (Å²) in [7, 11) is 0.632. The summed E-state index contributed by atoms with van der Waals surface area (Å²) in [4.78, 5) is 4.80. The molecule has 9 heteroatoms. The van der Waals surface area contributed by atoms with Crippen LogP contribution in [0.25, 0.3) is 11.5 Å². The first-order valence-electron chi connectivity index (χ1n) is 10.8. The van der Waals surface area contributed by atoms with E-state index in [9.17, 15) is 8.42 Å². The molecular formula is C26H26N2O6S. The summed E-state index contributed by atoms with van der Waals surface area (Å²) in [6, 6.07) is 20.6. The van der Waals surface area contributed by atoms with E-state index in [4.69, 9.17) is 18.6 Å². The Morgan fingerprint density at radius 2 is 1.49 bits per heavy atom. The first kappa shape index (κ1) is 24.2. The molecule has 0 amide bonds. The number of hydrogen-bond acceptors (Lipinski definition) is 7. The lowest BCUT2D eigenvalue weighted by Crippen LogP contribution is -2.31. The number of methoxy groups -OCH3 is 3. The zero-order valence-corrected chi connectivity index (χ0v) is 20.7. The van der Waals surface area contributed by atoms with Gasteiger partial charge in [0.05, 0.1) is 44.0 Å². The molecule has 0 aliphatic heterocycles. The fraction of sp³-hybridized carbons (Fsp3) is 0.192. The number of rotatable bonds is 9. The van der Waals surface area contributed by atoms with Gasteiger partial charge in [-0.25, -0.2) is 13.4 Å². The van der Waals surface area contributed by atoms with Crippen LogP contribution in [-0.2, 0) is 16.6 Å². The summed E-state index contributed by atoms with van der Waals surface area (Å²) in [5.74, 6) is 2.20. The molecule has 35 heavy (non-hydrogen) atoms. The minimum atomic E-state index is -3.95. The Labute approximate surface area is 204 Å². The zero-order valence-electron chi connectivity index (χ0n) is 19.9. The maximum atomic E-state index is 13.8. The Kier molecular flexibility index (Phi) is 6.97. The van der Waals surface area contributed by atoms with Crippen molar-refractivity contribution in [1.82, 2.24) is 4.98 Å². The van der Waals surface area contributed by atoms with Gasteiger partial charge in [-0.3, -0.25) is 4.31 Å². The third-order valence-electron chi connectivity index (χ3n) is 5.50. The van der Waals surface area contributed by atoms with Crippen molar-refractivity contribution < 1.29 is 27.0 Å². The normalized spacial score (nSPS) is 11.2. The van der Waals surface area contributed by atoms with Crippen LogP contribution in [0.5, 0.6) is 17.2 Å². The fourth-order valence-corrected chi connectivity index (χ4v) is 5.19. The number of aromatic nitrogens is 1. The lowest BCUT2D eigenvalue weighted by molar-refractivity contribution is 0.355. The smallest absolute Gasteiger partial charge is 0.264 e. The van der Waals surface area contributed by atoms with Gasteiger partial charge in [-0.1, -0.05) is 36.4 Å². The van der Waals surface area contributed by atoms with E-state index in [1.54, 1.807) is 86.8 Å². The molecule has 0 spiro atoms. The monoisotopic (exact) mass is 494 g/mol. The molecule has 0 N–H and O–H groups in total. The molecule has 0 atom stereocenters. The van der Waals surface area contributed by atoms with Gasteiger partial charge in [-0.15, -0.1) is 0 Å². The largest absolute Gasteiger partial charge is 0.495 e. The quantitative estimate of drug-likeness (QED) is 0.321. The van der Waals surface area contributed by atoms with Crippen molar-refractivity contribution in [2.75, 3.05) is 25.6 Å². The van der Waals surface area contributed by atoms with Gasteiger partial charge in [0.15, 0.2) is 11.5 Å². The van der Waals surface area contributed by atoms with Crippen LogP contribution in [0.3, 0.4) is 0 Å². The van der Waals surface area contributed by atoms with Gasteiger partial charge in [0.1, 0.15) is 17.2 Å². The Morgan fingerprint density at radius 3 is 2.17 bits per heavy atom. The van der Waals surface area contributed by atoms with Crippen molar-refractivity contribution >= 4 is 15.7 Å². The van der Waals surface area contributed by atoms with E-state index in [0.717, 1.165) is 0 Å². The van der Waals surface area contributed by atoms with Crippen LogP contribution in [0.2, 0.25) is 0 Å². The number of anilines is 1. The highest BCUT2D eigenvalue weighted by molar-refractivity contribution is 7.92. The maximum Gasteiger partial charge on any atom is 0.264 e. The molecule has 182 valence electrons. The van der Waals surface area contributed by atoms with E-state index < -0.39 is 10.0 Å². The molecular weight excluding hydrogens is 468 g/mol. The number of para-hydroxylation sites is 3. The van der Waals surface area contributed by atoms with Gasteiger partial charge in [0, 0.05) is 0 Å². The second-order valence-electron chi connectivity index (χ2n) is 7.56. The molecule has 8 nitrogen and oxygen atoms in total. The highest BCUT2D eigenvalue weighted by Gasteiger charge is 2.29. The van der Waals surface area contributed by atoms with Crippen molar-refractivity contribution in [3.8, 4) is 28.7 Å². The number of aryl methyl sites for hydroxylation is 1. The van der Waals surface area contributed by atoms with E-state index in [1.807, 2.05) is 0 Å². The predicted molar refractivity (Wildman–Crippen MR) is 133 cm³/mol. The third kappa shape index (κ3) is 4.67. The van der Waals surface area contributed by atoms with E-state index in [2.05, 4.69) is 4.98 Å². The van der Waals surface area contributed by atoms with Gasteiger partial charge in [0.25, 0.3) is 10.0 Å². The van der Waals surface area contributed by atoms with Gasteiger partial charge in [-0.2, -0.15) is 0 Å². The van der Waals surface area contributed by atoms with E-state index >= 15 is 0 Å². The minimum absolute atomic E-state index is 0.0702. The molecule has 3 aromatic carbocycles. The first-order valence-corrected chi connectivity index (χ1v) is 12.2. The Hall–Kier alpha value is -3.98. The third-order valence-corrected chi connectivity index (χ3v) is 7.28. The molecule has 1 aromatic heterocycles. The highest BCUT2D eigenvalue weighted by Crippen LogP contribution is 2.39. The maximum absolute atomic E-state index is 13.8. The Bertz CT molecular complexity index is 1420. The molecule has 0 fully saturated rings. The van der Waals surface area contributed by atoms with Crippen molar-refractivity contribution in [3.63, 3.8) is 0 Å². The van der Waals surface area contributed by atoms with Crippen LogP contribution >= 0.6 is 0 Å². The summed E-state index contributed by atoms with van der Waals surface area (Å²) in [6.45, 7) is 1.67. The SMILES string of the molecule is COc1ccccc1N(Cc1nc(-c2cccc(OC)c2OC)oc1C)S(=O)(=O)c1ccccc1. The average molecular weight is 495 g/mol. The van der Waals surface area contributed by atoms with Crippen LogP contribution in [0, 0.1) is 6.92 Å². The molecule has 0 aliphatic carbocycles. The predicted octanol–water partition coefficient (Wildman–Crippen LogP) is 5.07. The van der Waals surface area contributed by atoms with Crippen molar-refractivity contribution in [2.24, 2.45) is 0 Å². The number of ether oxygens (including phenoxy) is 3. The van der Waals surface area contributed by atoms with Gasteiger partial charge < -0.3 is 18.6 Å². The molecule has 1 heterocycles. The number of oxazole rings is 1. The summed E-state index contributed by atoms with van der Waals surface area (Å²) < 4.78 is 51.1. The van der Waals surface area contributed by atoms with Crippen LogP contribution < -0.4 is 18.5 Å². The van der Waals surface area contributed by atoms with E-state index in [-0.39, 0.29) is 11.4 Å². The molecule has 0 radical (unpaired) electrons. The minimum Gasteiger partial charge on any atom is -0.495 e. The number of hydrogen-bond donors (Lipinski definition) is 0. The molecule has 4 rings (SSSR count). The zero-order chi connectivity index (χ0) is 25.0. The molecule has 0 saturated heterocycles. The van der Waals surface area contributed by atoms with Crippen molar-refractivity contribution in [1.29, 1.82) is 0 Å². The standard InChI is InChI=1S/C26H26N2O6S/c1-18-21(27-26(34-18)20-13-10-16-24(32-3)25(20)33-4)17-28(22-14-8-9-15-23(22)31-2)35(29,30)19-11-6-5-7-12-19/h5-16H,17H2,1-4H3. The topological polar surface area (TPSA) is 91.1 Å². The van der Waals surface area contributed by atoms with Crippen molar-refractivity contribution in [3.05, 3.63) is 84.3 Å². The summed E-state index contributed by atoms with van der Waals surface area (Å²) in [5.41, 5.74) is 1.44. The van der Waals surface area contributed by atoms with E-state index in [0.29, 0.717) is 45.8 Å². The molecule has 0 bridgehead atoms. The Balaban J connectivity index is 1.82. The van der Waals surface area contributed by atoms with Crippen LogP contribution in [0.4, 0.5) is 5.69 Å². The van der Waals surface area contributed by atoms with Crippen LogP contribution in [0.15, 0.2) is 82.1 Å². The Morgan fingerprint density at radius 1 is 0.829 bits per heavy atom. The lowest BCUT2D eigenvalue weighted by Gasteiger charge is -2.25. The van der Waals surface area contributed by atoms with E-state index in [1.165, 1.54) is 18.5 Å². The summed E-state index contributed by atoms with van der Waals surface area (Å²) in [6.07, 6.45) is 0. The van der Waals surface area contributed by atoms with Gasteiger partial charge >= 0.3 is 0 Å². The van der Waals surface area contributed by atoms with Gasteiger partial charge in [-0.05, 0) is 43.3 Å². The molecule has 4 aromatic rings. The second-order valence-corrected chi connectivity index (χ2v) is 9.42.